The quantitative estimate of drug-likeness (QED) is 0.699. The molecule has 0 aliphatic carbocycles. The molecule has 122 valence electrons. The van der Waals surface area contributed by atoms with Crippen molar-refractivity contribution in [2.45, 2.75) is 19.0 Å². The third-order valence-electron chi connectivity index (χ3n) is 3.56. The Hall–Kier alpha value is -2.24. The van der Waals surface area contributed by atoms with Gasteiger partial charge in [-0.1, -0.05) is 48.5 Å². The second kappa shape index (κ2) is 9.02. The lowest BCUT2D eigenvalue weighted by Gasteiger charge is -2.18. The third kappa shape index (κ3) is 5.47. The average molecular weight is 316 g/mol. The molecule has 2 aromatic rings. The molecule has 0 aromatic heterocycles. The number of carbonyl (C=O) groups excluding carboxylic acids is 1. The molecule has 3 N–H and O–H groups in total. The van der Waals surface area contributed by atoms with Gasteiger partial charge in [0.15, 0.2) is 0 Å². The molecule has 0 saturated heterocycles. The number of hydrogen-bond donors (Lipinski definition) is 3. The molecule has 0 saturated carbocycles. The molecule has 0 heterocycles. The van der Waals surface area contributed by atoms with Crippen LogP contribution in [-0.4, -0.2) is 24.2 Å². The van der Waals surface area contributed by atoms with Crippen molar-refractivity contribution in [1.29, 1.82) is 0 Å². The van der Waals surface area contributed by atoms with Crippen molar-refractivity contribution >= 4 is 5.91 Å². The first kappa shape index (κ1) is 17.1. The average Bonchev–Trinajstić information content (AvgIpc) is 2.58. The van der Waals surface area contributed by atoms with Crippen LogP contribution in [0, 0.1) is 5.82 Å². The van der Waals surface area contributed by atoms with Crippen LogP contribution in [0.3, 0.4) is 0 Å². The van der Waals surface area contributed by atoms with Crippen LogP contribution in [-0.2, 0) is 11.3 Å². The van der Waals surface area contributed by atoms with Crippen LogP contribution in [0.4, 0.5) is 4.39 Å². The molecule has 23 heavy (non-hydrogen) atoms. The van der Waals surface area contributed by atoms with Crippen LogP contribution in [0.5, 0.6) is 0 Å². The highest BCUT2D eigenvalue weighted by Gasteiger charge is 2.12. The second-order valence-electron chi connectivity index (χ2n) is 5.22. The first-order valence-electron chi connectivity index (χ1n) is 7.60. The van der Waals surface area contributed by atoms with Crippen LogP contribution in [0.25, 0.3) is 0 Å². The Bertz CT molecular complexity index is 619. The minimum atomic E-state index is -0.330. The Balaban J connectivity index is 1.83. The molecule has 0 spiro atoms. The van der Waals surface area contributed by atoms with Gasteiger partial charge in [0.2, 0.25) is 5.91 Å². The Morgan fingerprint density at radius 2 is 1.78 bits per heavy atom. The van der Waals surface area contributed by atoms with Crippen molar-refractivity contribution in [1.82, 2.24) is 10.6 Å². The maximum Gasteiger partial charge on any atom is 0.234 e. The Labute approximate surface area is 135 Å². The van der Waals surface area contributed by atoms with Gasteiger partial charge in [-0.2, -0.15) is 0 Å². The molecule has 5 heteroatoms. The Morgan fingerprint density at radius 3 is 2.48 bits per heavy atom. The van der Waals surface area contributed by atoms with Crippen molar-refractivity contribution in [3.8, 4) is 0 Å². The molecule has 2 rings (SSSR count). The summed E-state index contributed by atoms with van der Waals surface area (Å²) in [6, 6.07) is 15.9. The Kier molecular flexibility index (Phi) is 6.72. The van der Waals surface area contributed by atoms with E-state index in [1.54, 1.807) is 18.2 Å². The van der Waals surface area contributed by atoms with Gasteiger partial charge in [-0.25, -0.2) is 4.39 Å². The molecular formula is C18H21FN2O2. The topological polar surface area (TPSA) is 61.4 Å². The van der Waals surface area contributed by atoms with Crippen molar-refractivity contribution in [2.24, 2.45) is 0 Å². The lowest BCUT2D eigenvalue weighted by atomic mass is 10.0. The molecule has 0 radical (unpaired) electrons. The van der Waals surface area contributed by atoms with E-state index in [9.17, 15) is 9.18 Å². The van der Waals surface area contributed by atoms with Gasteiger partial charge in [0.05, 0.1) is 6.54 Å². The summed E-state index contributed by atoms with van der Waals surface area (Å²) in [4.78, 5) is 11.9. The lowest BCUT2D eigenvalue weighted by Crippen LogP contribution is -2.35. The second-order valence-corrected chi connectivity index (χ2v) is 5.22. The molecule has 0 aliphatic rings. The van der Waals surface area contributed by atoms with Crippen molar-refractivity contribution < 1.29 is 14.3 Å². The first-order valence-corrected chi connectivity index (χ1v) is 7.60. The van der Waals surface area contributed by atoms with Gasteiger partial charge >= 0.3 is 0 Å². The fourth-order valence-corrected chi connectivity index (χ4v) is 2.31. The summed E-state index contributed by atoms with van der Waals surface area (Å²) in [7, 11) is 0. The molecule has 0 fully saturated rings. The molecule has 0 bridgehead atoms. The van der Waals surface area contributed by atoms with Crippen LogP contribution >= 0.6 is 0 Å². The van der Waals surface area contributed by atoms with E-state index < -0.39 is 0 Å². The van der Waals surface area contributed by atoms with E-state index >= 15 is 0 Å². The van der Waals surface area contributed by atoms with Gasteiger partial charge in [0.25, 0.3) is 0 Å². The van der Waals surface area contributed by atoms with Gasteiger partial charge in [0, 0.05) is 24.8 Å². The van der Waals surface area contributed by atoms with E-state index in [0.717, 1.165) is 5.56 Å². The highest BCUT2D eigenvalue weighted by molar-refractivity contribution is 5.78. The zero-order valence-corrected chi connectivity index (χ0v) is 12.8. The van der Waals surface area contributed by atoms with Crippen LogP contribution in [0.2, 0.25) is 0 Å². The molecule has 1 unspecified atom stereocenters. The van der Waals surface area contributed by atoms with E-state index in [-0.39, 0.29) is 37.5 Å². The standard InChI is InChI=1S/C18H21FN2O2/c19-16-9-5-4-8-15(16)12-21-18(23)13-20-17(10-11-22)14-6-2-1-3-7-14/h1-9,17,20,22H,10-13H2,(H,21,23). The third-order valence-corrected chi connectivity index (χ3v) is 3.56. The summed E-state index contributed by atoms with van der Waals surface area (Å²) in [5.74, 6) is -0.546. The monoisotopic (exact) mass is 316 g/mol. The number of nitrogens with one attached hydrogen (secondary N) is 2. The molecule has 4 nitrogen and oxygen atoms in total. The summed E-state index contributed by atoms with van der Waals surface area (Å²) in [6.07, 6.45) is 0.518. The maximum atomic E-state index is 13.5. The normalized spacial score (nSPS) is 11.9. The zero-order valence-electron chi connectivity index (χ0n) is 12.8. The predicted octanol–water partition coefficient (Wildman–Crippen LogP) is 2.16. The van der Waals surface area contributed by atoms with Crippen LogP contribution < -0.4 is 10.6 Å². The molecule has 2 aromatic carbocycles. The summed E-state index contributed by atoms with van der Waals surface area (Å²) < 4.78 is 13.5. The Morgan fingerprint density at radius 1 is 1.09 bits per heavy atom. The van der Waals surface area contributed by atoms with Gasteiger partial charge in [0.1, 0.15) is 5.82 Å². The SMILES string of the molecule is O=C(CNC(CCO)c1ccccc1)NCc1ccccc1F. The highest BCUT2D eigenvalue weighted by atomic mass is 19.1. The largest absolute Gasteiger partial charge is 0.396 e. The number of halogens is 1. The van der Waals surface area contributed by atoms with E-state index in [1.165, 1.54) is 6.07 Å². The van der Waals surface area contributed by atoms with Crippen LogP contribution in [0.1, 0.15) is 23.6 Å². The fourth-order valence-electron chi connectivity index (χ4n) is 2.31. The van der Waals surface area contributed by atoms with Gasteiger partial charge in [-0.3, -0.25) is 4.79 Å². The van der Waals surface area contributed by atoms with E-state index in [2.05, 4.69) is 10.6 Å². The number of benzene rings is 2. The number of aliphatic hydroxyl groups is 1. The summed E-state index contributed by atoms with van der Waals surface area (Å²) in [5, 5.41) is 15.0. The smallest absolute Gasteiger partial charge is 0.234 e. The van der Waals surface area contributed by atoms with Crippen molar-refractivity contribution in [3.05, 3.63) is 71.5 Å². The molecular weight excluding hydrogens is 295 g/mol. The molecule has 1 atom stereocenters. The minimum Gasteiger partial charge on any atom is -0.396 e. The number of amides is 1. The number of rotatable bonds is 8. The molecule has 1 amide bonds. The number of carbonyl (C=O) groups is 1. The van der Waals surface area contributed by atoms with Gasteiger partial charge in [-0.05, 0) is 18.1 Å². The number of hydrogen-bond acceptors (Lipinski definition) is 3. The fraction of sp³-hybridized carbons (Fsp3) is 0.278. The van der Waals surface area contributed by atoms with Gasteiger partial charge in [-0.15, -0.1) is 0 Å². The minimum absolute atomic E-state index is 0.0312. The summed E-state index contributed by atoms with van der Waals surface area (Å²) >= 11 is 0. The maximum absolute atomic E-state index is 13.5. The zero-order chi connectivity index (χ0) is 16.5. The highest BCUT2D eigenvalue weighted by Crippen LogP contribution is 2.15. The molecule has 0 aliphatic heterocycles. The van der Waals surface area contributed by atoms with E-state index in [0.29, 0.717) is 12.0 Å². The van der Waals surface area contributed by atoms with Crippen molar-refractivity contribution in [3.63, 3.8) is 0 Å². The predicted molar refractivity (Wildman–Crippen MR) is 87.1 cm³/mol. The summed E-state index contributed by atoms with van der Waals surface area (Å²) in [5.41, 5.74) is 1.47. The van der Waals surface area contributed by atoms with Crippen LogP contribution in [0.15, 0.2) is 54.6 Å². The lowest BCUT2D eigenvalue weighted by molar-refractivity contribution is -0.120. The number of aliphatic hydroxyl groups excluding tert-OH is 1. The van der Waals surface area contributed by atoms with Gasteiger partial charge < -0.3 is 15.7 Å². The van der Waals surface area contributed by atoms with Crippen molar-refractivity contribution in [2.75, 3.05) is 13.2 Å². The first-order chi connectivity index (χ1) is 11.2. The summed E-state index contributed by atoms with van der Waals surface area (Å²) in [6.45, 7) is 0.292. The van der Waals surface area contributed by atoms with E-state index in [4.69, 9.17) is 5.11 Å². The van der Waals surface area contributed by atoms with E-state index in [1.807, 2.05) is 30.3 Å².